The van der Waals surface area contributed by atoms with Crippen molar-refractivity contribution in [2.45, 2.75) is 26.2 Å². The number of benzene rings is 1. The summed E-state index contributed by atoms with van der Waals surface area (Å²) in [7, 11) is 0. The van der Waals surface area contributed by atoms with Gasteiger partial charge < -0.3 is 19.9 Å². The van der Waals surface area contributed by atoms with E-state index in [4.69, 9.17) is 4.74 Å². The third-order valence-electron chi connectivity index (χ3n) is 5.01. The highest BCUT2D eigenvalue weighted by molar-refractivity contribution is 5.95. The second-order valence-corrected chi connectivity index (χ2v) is 6.67. The molecular formula is C19H27N3O3. The summed E-state index contributed by atoms with van der Waals surface area (Å²) in [6.07, 6.45) is 3.04. The summed E-state index contributed by atoms with van der Waals surface area (Å²) in [5.74, 6) is 0.0979. The van der Waals surface area contributed by atoms with Gasteiger partial charge in [0.1, 0.15) is 0 Å². The van der Waals surface area contributed by atoms with Crippen LogP contribution in [0.1, 0.15) is 26.2 Å². The number of morpholine rings is 1. The van der Waals surface area contributed by atoms with Crippen LogP contribution in [-0.4, -0.2) is 56.1 Å². The predicted octanol–water partition coefficient (Wildman–Crippen LogP) is 2.11. The fourth-order valence-corrected chi connectivity index (χ4v) is 3.21. The Morgan fingerprint density at radius 2 is 1.88 bits per heavy atom. The Bertz CT molecular complexity index is 592. The van der Waals surface area contributed by atoms with Gasteiger partial charge in [-0.15, -0.1) is 0 Å². The quantitative estimate of drug-likeness (QED) is 0.858. The first-order valence-corrected chi connectivity index (χ1v) is 9.18. The Morgan fingerprint density at radius 3 is 2.44 bits per heavy atom. The number of carbonyl (C=O) groups is 2. The van der Waals surface area contributed by atoms with Crippen LogP contribution in [0.15, 0.2) is 24.3 Å². The lowest BCUT2D eigenvalue weighted by molar-refractivity contribution is -0.140. The predicted molar refractivity (Wildman–Crippen MR) is 97.7 cm³/mol. The van der Waals surface area contributed by atoms with Crippen molar-refractivity contribution in [1.82, 2.24) is 4.90 Å². The van der Waals surface area contributed by atoms with Crippen molar-refractivity contribution in [2.75, 3.05) is 49.6 Å². The first-order chi connectivity index (χ1) is 12.2. The van der Waals surface area contributed by atoms with Crippen molar-refractivity contribution >= 4 is 23.2 Å². The lowest BCUT2D eigenvalue weighted by atomic mass is 9.84. The summed E-state index contributed by atoms with van der Waals surface area (Å²) in [6.45, 7) is 5.89. The van der Waals surface area contributed by atoms with Gasteiger partial charge in [-0.25, -0.2) is 0 Å². The lowest BCUT2D eigenvalue weighted by Gasteiger charge is -2.30. The first-order valence-electron chi connectivity index (χ1n) is 9.18. The second kappa shape index (κ2) is 8.34. The number of hydrogen-bond donors (Lipinski definition) is 1. The molecule has 1 aromatic carbocycles. The Hall–Kier alpha value is -2.08. The summed E-state index contributed by atoms with van der Waals surface area (Å²) in [5, 5.41) is 2.89. The number of rotatable bonds is 6. The molecule has 0 spiro atoms. The molecule has 1 N–H and O–H groups in total. The molecule has 0 atom stereocenters. The summed E-state index contributed by atoms with van der Waals surface area (Å²) in [5.41, 5.74) is 1.89. The average molecular weight is 345 g/mol. The molecule has 2 amide bonds. The van der Waals surface area contributed by atoms with E-state index >= 15 is 0 Å². The van der Waals surface area contributed by atoms with Crippen LogP contribution in [0, 0.1) is 5.92 Å². The zero-order valence-corrected chi connectivity index (χ0v) is 14.9. The van der Waals surface area contributed by atoms with Crippen LogP contribution < -0.4 is 10.2 Å². The zero-order valence-electron chi connectivity index (χ0n) is 14.9. The summed E-state index contributed by atoms with van der Waals surface area (Å²) in [4.78, 5) is 28.5. The Morgan fingerprint density at radius 1 is 1.20 bits per heavy atom. The molecular weight excluding hydrogens is 318 g/mol. The van der Waals surface area contributed by atoms with Crippen molar-refractivity contribution in [3.05, 3.63) is 24.3 Å². The number of likely N-dealkylation sites (N-methyl/N-ethyl adjacent to an activating group) is 1. The summed E-state index contributed by atoms with van der Waals surface area (Å²) < 4.78 is 5.36. The highest BCUT2D eigenvalue weighted by Gasteiger charge is 2.29. The van der Waals surface area contributed by atoms with Crippen LogP contribution in [0.3, 0.4) is 0 Å². The van der Waals surface area contributed by atoms with E-state index in [9.17, 15) is 9.59 Å². The monoisotopic (exact) mass is 345 g/mol. The Labute approximate surface area is 149 Å². The van der Waals surface area contributed by atoms with Gasteiger partial charge >= 0.3 is 0 Å². The van der Waals surface area contributed by atoms with Crippen LogP contribution in [0.2, 0.25) is 0 Å². The van der Waals surface area contributed by atoms with Gasteiger partial charge in [0.2, 0.25) is 11.8 Å². The number of carbonyl (C=O) groups excluding carboxylic acids is 2. The van der Waals surface area contributed by atoms with Crippen molar-refractivity contribution in [3.63, 3.8) is 0 Å². The standard InChI is InChI=1S/C19H27N3O3/c1-2-21(19(24)15-4-3-5-15)14-18(23)20-16-6-8-17(9-7-16)22-10-12-25-13-11-22/h6-9,15H,2-5,10-14H2,1H3,(H,20,23). The molecule has 1 saturated heterocycles. The van der Waals surface area contributed by atoms with E-state index in [1.807, 2.05) is 31.2 Å². The van der Waals surface area contributed by atoms with E-state index < -0.39 is 0 Å². The van der Waals surface area contributed by atoms with E-state index in [-0.39, 0.29) is 24.3 Å². The van der Waals surface area contributed by atoms with Gasteiger partial charge in [0.15, 0.2) is 0 Å². The number of ether oxygens (including phenoxy) is 1. The minimum Gasteiger partial charge on any atom is -0.378 e. The van der Waals surface area contributed by atoms with Gasteiger partial charge in [-0.05, 0) is 44.0 Å². The molecule has 136 valence electrons. The van der Waals surface area contributed by atoms with Crippen molar-refractivity contribution in [1.29, 1.82) is 0 Å². The molecule has 0 aromatic heterocycles. The van der Waals surface area contributed by atoms with Crippen molar-refractivity contribution < 1.29 is 14.3 Å². The van der Waals surface area contributed by atoms with E-state index in [1.165, 1.54) is 0 Å². The molecule has 1 saturated carbocycles. The molecule has 2 fully saturated rings. The van der Waals surface area contributed by atoms with Crippen molar-refractivity contribution in [2.24, 2.45) is 5.92 Å². The SMILES string of the molecule is CCN(CC(=O)Nc1ccc(N2CCOCC2)cc1)C(=O)C1CCC1. The molecule has 1 aliphatic carbocycles. The molecule has 0 bridgehead atoms. The molecule has 3 rings (SSSR count). The lowest BCUT2D eigenvalue weighted by Crippen LogP contribution is -2.43. The third-order valence-corrected chi connectivity index (χ3v) is 5.01. The number of nitrogens with one attached hydrogen (secondary N) is 1. The number of nitrogens with zero attached hydrogens (tertiary/aromatic N) is 2. The normalized spacial score (nSPS) is 17.7. The van der Waals surface area contributed by atoms with Gasteiger partial charge in [0.05, 0.1) is 19.8 Å². The maximum Gasteiger partial charge on any atom is 0.243 e. The van der Waals surface area contributed by atoms with Crippen LogP contribution in [0.4, 0.5) is 11.4 Å². The minimum atomic E-state index is -0.145. The van der Waals surface area contributed by atoms with Crippen LogP contribution in [0.5, 0.6) is 0 Å². The molecule has 1 heterocycles. The maximum absolute atomic E-state index is 12.3. The van der Waals surface area contributed by atoms with Crippen LogP contribution in [-0.2, 0) is 14.3 Å². The maximum atomic E-state index is 12.3. The van der Waals surface area contributed by atoms with Crippen molar-refractivity contribution in [3.8, 4) is 0 Å². The molecule has 1 aromatic rings. The highest BCUT2D eigenvalue weighted by Crippen LogP contribution is 2.28. The fraction of sp³-hybridized carbons (Fsp3) is 0.579. The van der Waals surface area contributed by atoms with Crippen LogP contribution in [0.25, 0.3) is 0 Å². The smallest absolute Gasteiger partial charge is 0.243 e. The van der Waals surface area contributed by atoms with Gasteiger partial charge in [-0.1, -0.05) is 6.42 Å². The molecule has 0 radical (unpaired) electrons. The third kappa shape index (κ3) is 4.51. The fourth-order valence-electron chi connectivity index (χ4n) is 3.21. The van der Waals surface area contributed by atoms with E-state index in [1.54, 1.807) is 4.90 Å². The number of amides is 2. The first kappa shape index (κ1) is 17.7. The molecule has 6 nitrogen and oxygen atoms in total. The Balaban J connectivity index is 1.52. The topological polar surface area (TPSA) is 61.9 Å². The zero-order chi connectivity index (χ0) is 17.6. The molecule has 0 unspecified atom stereocenters. The van der Waals surface area contributed by atoms with E-state index in [0.29, 0.717) is 6.54 Å². The van der Waals surface area contributed by atoms with Gasteiger partial charge in [0.25, 0.3) is 0 Å². The number of anilines is 2. The molecule has 25 heavy (non-hydrogen) atoms. The van der Waals surface area contributed by atoms with E-state index in [0.717, 1.165) is 56.9 Å². The second-order valence-electron chi connectivity index (χ2n) is 6.67. The van der Waals surface area contributed by atoms with Gasteiger partial charge in [-0.3, -0.25) is 9.59 Å². The Kier molecular flexibility index (Phi) is 5.91. The number of hydrogen-bond acceptors (Lipinski definition) is 4. The molecule has 1 aliphatic heterocycles. The minimum absolute atomic E-state index is 0.117. The average Bonchev–Trinajstić information content (AvgIpc) is 2.59. The largest absolute Gasteiger partial charge is 0.378 e. The summed E-state index contributed by atoms with van der Waals surface area (Å²) >= 11 is 0. The van der Waals surface area contributed by atoms with Gasteiger partial charge in [-0.2, -0.15) is 0 Å². The summed E-state index contributed by atoms with van der Waals surface area (Å²) in [6, 6.07) is 7.84. The van der Waals surface area contributed by atoms with Gasteiger partial charge in [0, 0.05) is 36.9 Å². The molecule has 2 aliphatic rings. The van der Waals surface area contributed by atoms with Crippen LogP contribution >= 0.6 is 0 Å². The highest BCUT2D eigenvalue weighted by atomic mass is 16.5. The van der Waals surface area contributed by atoms with E-state index in [2.05, 4.69) is 10.2 Å². The molecule has 6 heteroatoms.